The first-order valence-corrected chi connectivity index (χ1v) is 6.53. The minimum absolute atomic E-state index is 0.163. The summed E-state index contributed by atoms with van der Waals surface area (Å²) < 4.78 is 15.6. The fourth-order valence-electron chi connectivity index (χ4n) is 2.40. The fraction of sp³-hybridized carbons (Fsp3) is 0.400. The molecule has 1 aromatic heterocycles. The van der Waals surface area contributed by atoms with Crippen molar-refractivity contribution in [3.63, 3.8) is 0 Å². The molecule has 0 spiro atoms. The highest BCUT2D eigenvalue weighted by molar-refractivity contribution is 5.87. The van der Waals surface area contributed by atoms with Gasteiger partial charge in [-0.3, -0.25) is 0 Å². The van der Waals surface area contributed by atoms with E-state index in [1.807, 2.05) is 18.3 Å². The number of carbonyl (C=O) groups is 1. The lowest BCUT2D eigenvalue weighted by molar-refractivity contribution is -0.113. The average molecular weight is 292 g/mol. The number of benzene rings is 1. The van der Waals surface area contributed by atoms with Gasteiger partial charge in [0, 0.05) is 36.7 Å². The molecule has 0 fully saturated rings. The molecule has 1 heterocycles. The first-order valence-electron chi connectivity index (χ1n) is 6.53. The highest BCUT2D eigenvalue weighted by atomic mass is 16.5. The maximum Gasteiger partial charge on any atom is 0.162 e. The third-order valence-electron chi connectivity index (χ3n) is 3.44. The summed E-state index contributed by atoms with van der Waals surface area (Å²) in [5.41, 5.74) is 6.83. The maximum absolute atomic E-state index is 11.2. The minimum atomic E-state index is -1.04. The first kappa shape index (κ1) is 15.3. The Balaban J connectivity index is 2.43. The Morgan fingerprint density at radius 1 is 1.24 bits per heavy atom. The SMILES string of the molecule is COCC(N)(C=O)Cc1c[nH]c2cc(OC)c(OC)cc12. The molecule has 0 aliphatic heterocycles. The Labute approximate surface area is 123 Å². The maximum atomic E-state index is 11.2. The van der Waals surface area contributed by atoms with Crippen molar-refractivity contribution in [3.8, 4) is 11.5 Å². The fourth-order valence-corrected chi connectivity index (χ4v) is 2.40. The third-order valence-corrected chi connectivity index (χ3v) is 3.44. The molecule has 0 bridgehead atoms. The molecular formula is C15H20N2O4. The van der Waals surface area contributed by atoms with Crippen LogP contribution < -0.4 is 15.2 Å². The second-order valence-electron chi connectivity index (χ2n) is 5.03. The topological polar surface area (TPSA) is 86.6 Å². The molecular weight excluding hydrogens is 272 g/mol. The number of carbonyl (C=O) groups excluding carboxylic acids is 1. The molecule has 0 aliphatic carbocycles. The van der Waals surface area contributed by atoms with Crippen molar-refractivity contribution < 1.29 is 19.0 Å². The number of aromatic nitrogens is 1. The molecule has 0 aliphatic rings. The van der Waals surface area contributed by atoms with E-state index in [0.29, 0.717) is 17.9 Å². The molecule has 1 aromatic carbocycles. The highest BCUT2D eigenvalue weighted by Crippen LogP contribution is 2.34. The van der Waals surface area contributed by atoms with Crippen LogP contribution in [0.5, 0.6) is 11.5 Å². The van der Waals surface area contributed by atoms with E-state index in [1.165, 1.54) is 7.11 Å². The molecule has 6 heteroatoms. The quantitative estimate of drug-likeness (QED) is 0.750. The van der Waals surface area contributed by atoms with Crippen molar-refractivity contribution in [2.45, 2.75) is 12.0 Å². The molecule has 6 nitrogen and oxygen atoms in total. The molecule has 0 radical (unpaired) electrons. The smallest absolute Gasteiger partial charge is 0.162 e. The van der Waals surface area contributed by atoms with E-state index in [9.17, 15) is 4.79 Å². The van der Waals surface area contributed by atoms with Crippen molar-refractivity contribution in [2.24, 2.45) is 5.73 Å². The van der Waals surface area contributed by atoms with E-state index in [4.69, 9.17) is 19.9 Å². The van der Waals surface area contributed by atoms with Crippen LogP contribution in [0.1, 0.15) is 5.56 Å². The molecule has 2 rings (SSSR count). The lowest BCUT2D eigenvalue weighted by Gasteiger charge is -2.21. The van der Waals surface area contributed by atoms with Crippen molar-refractivity contribution in [3.05, 3.63) is 23.9 Å². The van der Waals surface area contributed by atoms with Gasteiger partial charge >= 0.3 is 0 Å². The summed E-state index contributed by atoms with van der Waals surface area (Å²) in [6.45, 7) is 0.163. The van der Waals surface area contributed by atoms with Gasteiger partial charge in [-0.2, -0.15) is 0 Å². The Kier molecular flexibility index (Phi) is 4.50. The molecule has 1 atom stereocenters. The Morgan fingerprint density at radius 2 is 1.90 bits per heavy atom. The second-order valence-corrected chi connectivity index (χ2v) is 5.03. The summed E-state index contributed by atoms with van der Waals surface area (Å²) >= 11 is 0. The van der Waals surface area contributed by atoms with E-state index in [0.717, 1.165) is 22.8 Å². The van der Waals surface area contributed by atoms with Gasteiger partial charge in [-0.05, 0) is 11.6 Å². The molecule has 1 unspecified atom stereocenters. The molecule has 21 heavy (non-hydrogen) atoms. The standard InChI is InChI=1S/C15H20N2O4/c1-19-9-15(16,8-18)6-10-7-17-12-5-14(21-3)13(20-2)4-11(10)12/h4-5,7-8,17H,6,9,16H2,1-3H3. The zero-order chi connectivity index (χ0) is 15.5. The number of aromatic amines is 1. The third kappa shape index (κ3) is 3.01. The normalized spacial score (nSPS) is 13.9. The van der Waals surface area contributed by atoms with Crippen LogP contribution in [0.2, 0.25) is 0 Å². The molecule has 0 saturated heterocycles. The monoisotopic (exact) mass is 292 g/mol. The Hall–Kier alpha value is -2.05. The van der Waals surface area contributed by atoms with Gasteiger partial charge in [-0.1, -0.05) is 0 Å². The van der Waals surface area contributed by atoms with Gasteiger partial charge in [0.25, 0.3) is 0 Å². The molecule has 0 amide bonds. The number of fused-ring (bicyclic) bond motifs is 1. The molecule has 3 N–H and O–H groups in total. The van der Waals surface area contributed by atoms with Crippen molar-refractivity contribution in [2.75, 3.05) is 27.9 Å². The van der Waals surface area contributed by atoms with E-state index in [1.54, 1.807) is 14.2 Å². The zero-order valence-corrected chi connectivity index (χ0v) is 12.4. The number of hydrogen-bond donors (Lipinski definition) is 2. The Bertz CT molecular complexity index is 638. The summed E-state index contributed by atoms with van der Waals surface area (Å²) in [6, 6.07) is 3.73. The first-order chi connectivity index (χ1) is 10.1. The van der Waals surface area contributed by atoms with Gasteiger partial charge in [0.2, 0.25) is 0 Å². The predicted octanol–water partition coefficient (Wildman–Crippen LogP) is 1.27. The van der Waals surface area contributed by atoms with E-state index < -0.39 is 5.54 Å². The summed E-state index contributed by atoms with van der Waals surface area (Å²) in [6.07, 6.45) is 2.94. The molecule has 114 valence electrons. The van der Waals surface area contributed by atoms with Crippen molar-refractivity contribution in [1.29, 1.82) is 0 Å². The zero-order valence-electron chi connectivity index (χ0n) is 12.4. The van der Waals surface area contributed by atoms with Gasteiger partial charge < -0.3 is 29.7 Å². The number of aldehydes is 1. The second kappa shape index (κ2) is 6.15. The van der Waals surface area contributed by atoms with Crippen LogP contribution in [0.25, 0.3) is 10.9 Å². The number of nitrogens with one attached hydrogen (secondary N) is 1. The van der Waals surface area contributed by atoms with Crippen molar-refractivity contribution in [1.82, 2.24) is 4.98 Å². The Morgan fingerprint density at radius 3 is 2.48 bits per heavy atom. The molecule has 2 aromatic rings. The summed E-state index contributed by atoms with van der Waals surface area (Å²) in [5, 5.41) is 0.945. The average Bonchev–Trinajstić information content (AvgIpc) is 2.87. The van der Waals surface area contributed by atoms with Crippen LogP contribution in [0.4, 0.5) is 0 Å². The summed E-state index contributed by atoms with van der Waals surface area (Å²) in [7, 11) is 4.69. The molecule has 0 saturated carbocycles. The predicted molar refractivity (Wildman–Crippen MR) is 80.0 cm³/mol. The summed E-state index contributed by atoms with van der Waals surface area (Å²) in [4.78, 5) is 14.4. The van der Waals surface area contributed by atoms with E-state index in [-0.39, 0.29) is 6.61 Å². The number of H-pyrrole nitrogens is 1. The van der Waals surface area contributed by atoms with Crippen LogP contribution in [0, 0.1) is 0 Å². The van der Waals surface area contributed by atoms with Crippen molar-refractivity contribution >= 4 is 17.2 Å². The summed E-state index contributed by atoms with van der Waals surface area (Å²) in [5.74, 6) is 1.27. The minimum Gasteiger partial charge on any atom is -0.493 e. The van der Waals surface area contributed by atoms with Crippen LogP contribution >= 0.6 is 0 Å². The highest BCUT2D eigenvalue weighted by Gasteiger charge is 2.26. The number of methoxy groups -OCH3 is 3. The number of ether oxygens (including phenoxy) is 3. The van der Waals surface area contributed by atoms with Crippen LogP contribution in [-0.4, -0.2) is 44.7 Å². The van der Waals surface area contributed by atoms with E-state index in [2.05, 4.69) is 4.98 Å². The lowest BCUT2D eigenvalue weighted by atomic mass is 9.94. The number of rotatable bonds is 7. The number of hydrogen-bond acceptors (Lipinski definition) is 5. The van der Waals surface area contributed by atoms with Gasteiger partial charge in [-0.15, -0.1) is 0 Å². The van der Waals surface area contributed by atoms with Gasteiger partial charge in [0.15, 0.2) is 11.5 Å². The van der Waals surface area contributed by atoms with Crippen LogP contribution in [-0.2, 0) is 16.0 Å². The largest absolute Gasteiger partial charge is 0.493 e. The van der Waals surface area contributed by atoms with E-state index >= 15 is 0 Å². The van der Waals surface area contributed by atoms with Gasteiger partial charge in [0.05, 0.1) is 26.4 Å². The van der Waals surface area contributed by atoms with Gasteiger partial charge in [-0.25, -0.2) is 0 Å². The lowest BCUT2D eigenvalue weighted by Crippen LogP contribution is -2.48. The van der Waals surface area contributed by atoms with Crippen LogP contribution in [0.3, 0.4) is 0 Å². The number of nitrogens with two attached hydrogens (primary N) is 1. The van der Waals surface area contributed by atoms with Gasteiger partial charge in [0.1, 0.15) is 6.29 Å². The van der Waals surface area contributed by atoms with Crippen LogP contribution in [0.15, 0.2) is 18.3 Å².